The topological polar surface area (TPSA) is 46.1 Å². The molecule has 27 heavy (non-hydrogen) atoms. The normalized spacial score (nSPS) is 20.4. The molecule has 4 nitrogen and oxygen atoms in total. The molecule has 0 spiro atoms. The smallest absolute Gasteiger partial charge is 0.254 e. The van der Waals surface area contributed by atoms with E-state index in [-0.39, 0.29) is 18.0 Å². The number of halogens is 1. The van der Waals surface area contributed by atoms with Crippen LogP contribution in [-0.2, 0) is 6.42 Å². The van der Waals surface area contributed by atoms with Gasteiger partial charge in [0, 0.05) is 34.8 Å². The zero-order valence-corrected chi connectivity index (χ0v) is 15.4. The second-order valence-corrected chi connectivity index (χ2v) is 7.61. The van der Waals surface area contributed by atoms with Crippen LogP contribution in [0.3, 0.4) is 0 Å². The number of carbonyl (C=O) groups excluding carboxylic acids is 1. The number of fused-ring (bicyclic) bond motifs is 4. The fourth-order valence-corrected chi connectivity index (χ4v) is 4.55. The van der Waals surface area contributed by atoms with E-state index >= 15 is 0 Å². The van der Waals surface area contributed by atoms with Crippen LogP contribution in [0.1, 0.15) is 40.5 Å². The first kappa shape index (κ1) is 16.5. The Balaban J connectivity index is 1.43. The van der Waals surface area contributed by atoms with Crippen molar-refractivity contribution >= 4 is 17.5 Å². The van der Waals surface area contributed by atoms with E-state index in [1.165, 1.54) is 0 Å². The molecule has 0 N–H and O–H groups in total. The molecule has 2 bridgehead atoms. The molecule has 1 amide bonds. The highest BCUT2D eigenvalue weighted by atomic mass is 35.5. The van der Waals surface area contributed by atoms with Crippen LogP contribution in [-0.4, -0.2) is 26.8 Å². The van der Waals surface area contributed by atoms with Gasteiger partial charge in [-0.15, -0.1) is 0 Å². The summed E-state index contributed by atoms with van der Waals surface area (Å²) in [5.74, 6) is 0.0923. The molecule has 5 rings (SSSR count). The first-order chi connectivity index (χ1) is 13.2. The standard InChI is InChI=1S/C22H18ClN3O/c23-17-3-1-2-16(10-17)14-4-6-15(7-5-14)22(27)26-18-8-9-21(26)19-12-24-13-25-20(19)11-18/h1-7,10,12-13,18,21H,8-9,11H2. The SMILES string of the molecule is O=C(c1ccc(-c2cccc(Cl)c2)cc1)N1C2CCC1c1cncnc1C2. The van der Waals surface area contributed by atoms with Gasteiger partial charge in [0.25, 0.3) is 5.91 Å². The van der Waals surface area contributed by atoms with Gasteiger partial charge in [0.05, 0.1) is 11.7 Å². The quantitative estimate of drug-likeness (QED) is 0.652. The minimum absolute atomic E-state index is 0.0923. The molecular formula is C22H18ClN3O. The fraction of sp³-hybridized carbons (Fsp3) is 0.227. The summed E-state index contributed by atoms with van der Waals surface area (Å²) in [7, 11) is 0. The van der Waals surface area contributed by atoms with Crippen molar-refractivity contribution < 1.29 is 4.79 Å². The summed E-state index contributed by atoms with van der Waals surface area (Å²) in [4.78, 5) is 23.9. The summed E-state index contributed by atoms with van der Waals surface area (Å²) in [5, 5.41) is 0.707. The monoisotopic (exact) mass is 375 g/mol. The molecule has 3 aromatic rings. The molecule has 0 aliphatic carbocycles. The maximum atomic E-state index is 13.2. The highest BCUT2D eigenvalue weighted by Crippen LogP contribution is 2.43. The molecule has 1 fully saturated rings. The molecule has 1 saturated heterocycles. The van der Waals surface area contributed by atoms with E-state index in [2.05, 4.69) is 9.97 Å². The van der Waals surface area contributed by atoms with E-state index in [1.807, 2.05) is 59.6 Å². The molecule has 3 heterocycles. The second kappa shape index (κ2) is 6.46. The average Bonchev–Trinajstić information content (AvgIpc) is 3.02. The van der Waals surface area contributed by atoms with Crippen LogP contribution in [0.25, 0.3) is 11.1 Å². The van der Waals surface area contributed by atoms with Gasteiger partial charge in [0.1, 0.15) is 6.33 Å². The molecule has 2 atom stereocenters. The van der Waals surface area contributed by atoms with Gasteiger partial charge in [-0.25, -0.2) is 9.97 Å². The molecule has 0 radical (unpaired) electrons. The van der Waals surface area contributed by atoms with E-state index in [1.54, 1.807) is 6.33 Å². The van der Waals surface area contributed by atoms with Gasteiger partial charge in [0.2, 0.25) is 0 Å². The summed E-state index contributed by atoms with van der Waals surface area (Å²) in [5.41, 5.74) is 5.02. The Labute approximate surface area is 162 Å². The molecule has 2 aliphatic rings. The number of hydrogen-bond acceptors (Lipinski definition) is 3. The number of hydrogen-bond donors (Lipinski definition) is 0. The highest BCUT2D eigenvalue weighted by Gasteiger charge is 2.43. The number of benzene rings is 2. The molecule has 2 aromatic carbocycles. The Hall–Kier alpha value is -2.72. The maximum Gasteiger partial charge on any atom is 0.254 e. The lowest BCUT2D eigenvalue weighted by molar-refractivity contribution is 0.0644. The number of rotatable bonds is 2. The fourth-order valence-electron chi connectivity index (χ4n) is 4.36. The van der Waals surface area contributed by atoms with Gasteiger partial charge in [0.15, 0.2) is 0 Å². The first-order valence-electron chi connectivity index (χ1n) is 9.18. The summed E-state index contributed by atoms with van der Waals surface area (Å²) >= 11 is 6.09. The van der Waals surface area contributed by atoms with Gasteiger partial charge in [-0.05, 0) is 48.2 Å². The molecule has 1 aromatic heterocycles. The summed E-state index contributed by atoms with van der Waals surface area (Å²) in [6, 6.07) is 15.9. The zero-order valence-electron chi connectivity index (χ0n) is 14.7. The van der Waals surface area contributed by atoms with Crippen molar-refractivity contribution in [2.24, 2.45) is 0 Å². The van der Waals surface area contributed by atoms with Gasteiger partial charge >= 0.3 is 0 Å². The van der Waals surface area contributed by atoms with E-state index in [0.717, 1.165) is 47.2 Å². The van der Waals surface area contributed by atoms with Crippen molar-refractivity contribution in [1.29, 1.82) is 0 Å². The van der Waals surface area contributed by atoms with Crippen LogP contribution in [0.15, 0.2) is 61.1 Å². The van der Waals surface area contributed by atoms with Gasteiger partial charge in [-0.3, -0.25) is 4.79 Å². The highest BCUT2D eigenvalue weighted by molar-refractivity contribution is 6.30. The van der Waals surface area contributed by atoms with Gasteiger partial charge in [-0.2, -0.15) is 0 Å². The predicted molar refractivity (Wildman–Crippen MR) is 105 cm³/mol. The van der Waals surface area contributed by atoms with Crippen LogP contribution in [0.2, 0.25) is 5.02 Å². The Bertz CT molecular complexity index is 1020. The van der Waals surface area contributed by atoms with Crippen molar-refractivity contribution in [2.45, 2.75) is 31.3 Å². The lowest BCUT2D eigenvalue weighted by Gasteiger charge is -2.35. The van der Waals surface area contributed by atoms with E-state index in [4.69, 9.17) is 11.6 Å². The van der Waals surface area contributed by atoms with Crippen molar-refractivity contribution in [1.82, 2.24) is 14.9 Å². The Morgan fingerprint density at radius 1 is 1.07 bits per heavy atom. The third-order valence-corrected chi connectivity index (χ3v) is 5.88. The molecule has 2 unspecified atom stereocenters. The Morgan fingerprint density at radius 2 is 1.93 bits per heavy atom. The third-order valence-electron chi connectivity index (χ3n) is 5.64. The lowest BCUT2D eigenvalue weighted by Crippen LogP contribution is -2.42. The van der Waals surface area contributed by atoms with Gasteiger partial charge in [-0.1, -0.05) is 35.9 Å². The molecule has 2 aliphatic heterocycles. The van der Waals surface area contributed by atoms with Crippen molar-refractivity contribution in [2.75, 3.05) is 0 Å². The maximum absolute atomic E-state index is 13.2. The first-order valence-corrected chi connectivity index (χ1v) is 9.56. The average molecular weight is 376 g/mol. The minimum Gasteiger partial charge on any atom is -0.328 e. The molecular weight excluding hydrogens is 358 g/mol. The van der Waals surface area contributed by atoms with E-state index in [0.29, 0.717) is 5.02 Å². The Kier molecular flexibility index (Phi) is 3.94. The number of aromatic nitrogens is 2. The van der Waals surface area contributed by atoms with E-state index < -0.39 is 0 Å². The van der Waals surface area contributed by atoms with Crippen molar-refractivity contribution in [3.63, 3.8) is 0 Å². The van der Waals surface area contributed by atoms with Crippen LogP contribution in [0.4, 0.5) is 0 Å². The van der Waals surface area contributed by atoms with Gasteiger partial charge < -0.3 is 4.90 Å². The predicted octanol–water partition coefficient (Wildman–Crippen LogP) is 4.70. The van der Waals surface area contributed by atoms with Crippen molar-refractivity contribution in [3.05, 3.63) is 82.9 Å². The number of amides is 1. The van der Waals surface area contributed by atoms with Crippen LogP contribution >= 0.6 is 11.6 Å². The summed E-state index contributed by atoms with van der Waals surface area (Å²) < 4.78 is 0. The zero-order chi connectivity index (χ0) is 18.4. The number of carbonyl (C=O) groups is 1. The minimum atomic E-state index is 0.0923. The largest absolute Gasteiger partial charge is 0.328 e. The van der Waals surface area contributed by atoms with E-state index in [9.17, 15) is 4.79 Å². The van der Waals surface area contributed by atoms with Crippen LogP contribution < -0.4 is 0 Å². The molecule has 5 heteroatoms. The lowest BCUT2D eigenvalue weighted by atomic mass is 9.97. The number of nitrogens with zero attached hydrogens (tertiary/aromatic N) is 3. The van der Waals surface area contributed by atoms with Crippen LogP contribution in [0.5, 0.6) is 0 Å². The summed E-state index contributed by atoms with van der Waals surface area (Å²) in [6.07, 6.45) is 6.30. The third kappa shape index (κ3) is 2.81. The Morgan fingerprint density at radius 3 is 2.74 bits per heavy atom. The second-order valence-electron chi connectivity index (χ2n) is 7.18. The summed E-state index contributed by atoms with van der Waals surface area (Å²) in [6.45, 7) is 0. The molecule has 134 valence electrons. The molecule has 0 saturated carbocycles. The van der Waals surface area contributed by atoms with Crippen LogP contribution in [0, 0.1) is 0 Å². The van der Waals surface area contributed by atoms with Crippen molar-refractivity contribution in [3.8, 4) is 11.1 Å².